The molecule has 3 rings (SSSR count). The fourth-order valence-corrected chi connectivity index (χ4v) is 2.13. The van der Waals surface area contributed by atoms with E-state index >= 15 is 0 Å². The molecule has 0 amide bonds. The van der Waals surface area contributed by atoms with Gasteiger partial charge in [0.1, 0.15) is 11.3 Å². The Balaban J connectivity index is 1.94. The van der Waals surface area contributed by atoms with E-state index < -0.39 is 0 Å². The molecule has 0 bridgehead atoms. The smallest absolute Gasteiger partial charge is 0.238 e. The highest BCUT2D eigenvalue weighted by atomic mass is 16.5. The van der Waals surface area contributed by atoms with Crippen LogP contribution in [0.2, 0.25) is 0 Å². The summed E-state index contributed by atoms with van der Waals surface area (Å²) in [6.07, 6.45) is 6.43. The fourth-order valence-electron chi connectivity index (χ4n) is 2.13. The van der Waals surface area contributed by atoms with Crippen molar-refractivity contribution in [2.45, 2.75) is 38.2 Å². The molecule has 0 unspecified atom stereocenters. The van der Waals surface area contributed by atoms with Gasteiger partial charge in [0.2, 0.25) is 5.88 Å². The molecule has 0 aromatic carbocycles. The maximum absolute atomic E-state index is 5.94. The first-order valence-corrected chi connectivity index (χ1v) is 5.74. The number of rotatable bonds is 2. The number of hydrogen-bond acceptors (Lipinski definition) is 3. The first-order chi connectivity index (χ1) is 7.33. The summed E-state index contributed by atoms with van der Waals surface area (Å²) in [6.45, 7) is 3.14. The van der Waals surface area contributed by atoms with Crippen LogP contribution in [0.25, 0.3) is 0 Å². The van der Waals surface area contributed by atoms with Crippen LogP contribution in [0.1, 0.15) is 31.7 Å². The van der Waals surface area contributed by atoms with Crippen LogP contribution in [0.4, 0.5) is 5.69 Å². The van der Waals surface area contributed by atoms with Gasteiger partial charge >= 0.3 is 0 Å². The van der Waals surface area contributed by atoms with E-state index in [0.717, 1.165) is 31.0 Å². The van der Waals surface area contributed by atoms with Gasteiger partial charge in [-0.15, -0.1) is 0 Å². The lowest BCUT2D eigenvalue weighted by Gasteiger charge is -2.27. The summed E-state index contributed by atoms with van der Waals surface area (Å²) >= 11 is 0. The Morgan fingerprint density at radius 2 is 2.40 bits per heavy atom. The molecule has 15 heavy (non-hydrogen) atoms. The lowest BCUT2D eigenvalue weighted by molar-refractivity contribution is 0.175. The Hall–Kier alpha value is -1.25. The summed E-state index contributed by atoms with van der Waals surface area (Å²) in [6, 6.07) is 2.09. The average molecular weight is 204 g/mol. The highest BCUT2D eigenvalue weighted by Crippen LogP contribution is 2.45. The molecule has 1 N–H and O–H groups in total. The van der Waals surface area contributed by atoms with Crippen molar-refractivity contribution in [2.75, 3.05) is 11.9 Å². The van der Waals surface area contributed by atoms with E-state index in [0.29, 0.717) is 0 Å². The number of pyridine rings is 1. The lowest BCUT2D eigenvalue weighted by Crippen LogP contribution is -2.33. The van der Waals surface area contributed by atoms with Crippen molar-refractivity contribution < 1.29 is 4.74 Å². The molecule has 1 aliphatic carbocycles. The summed E-state index contributed by atoms with van der Waals surface area (Å²) in [5.41, 5.74) is 2.54. The van der Waals surface area contributed by atoms with Crippen molar-refractivity contribution in [3.63, 3.8) is 0 Å². The maximum atomic E-state index is 5.94. The van der Waals surface area contributed by atoms with E-state index in [-0.39, 0.29) is 5.60 Å². The minimum atomic E-state index is 0.0881. The summed E-state index contributed by atoms with van der Waals surface area (Å²) in [5, 5.41) is 3.48. The fraction of sp³-hybridized carbons (Fsp3) is 0.583. The van der Waals surface area contributed by atoms with Crippen LogP contribution in [0.15, 0.2) is 12.3 Å². The minimum Gasteiger partial charge on any atom is -0.468 e. The van der Waals surface area contributed by atoms with Gasteiger partial charge in [0, 0.05) is 6.20 Å². The molecule has 2 heterocycles. The highest BCUT2D eigenvalue weighted by molar-refractivity contribution is 5.61. The summed E-state index contributed by atoms with van der Waals surface area (Å²) < 4.78 is 5.94. The SMILES string of the molecule is CCCc1ccnc2c1NCC1(CC1)O2. The number of aromatic nitrogens is 1. The third kappa shape index (κ3) is 1.46. The first-order valence-electron chi connectivity index (χ1n) is 5.74. The maximum Gasteiger partial charge on any atom is 0.238 e. The van der Waals surface area contributed by atoms with E-state index in [9.17, 15) is 0 Å². The zero-order valence-electron chi connectivity index (χ0n) is 9.05. The molecule has 80 valence electrons. The van der Waals surface area contributed by atoms with Crippen molar-refractivity contribution in [1.29, 1.82) is 0 Å². The van der Waals surface area contributed by atoms with Crippen molar-refractivity contribution in [1.82, 2.24) is 4.98 Å². The molecule has 1 fully saturated rings. The lowest BCUT2D eigenvalue weighted by atomic mass is 10.1. The van der Waals surface area contributed by atoms with Gasteiger partial charge in [0.15, 0.2) is 0 Å². The predicted molar refractivity (Wildman–Crippen MR) is 59.3 cm³/mol. The molecule has 0 saturated heterocycles. The van der Waals surface area contributed by atoms with Crippen LogP contribution < -0.4 is 10.1 Å². The summed E-state index contributed by atoms with van der Waals surface area (Å²) in [5.74, 6) is 0.810. The molecular weight excluding hydrogens is 188 g/mol. The van der Waals surface area contributed by atoms with Gasteiger partial charge in [0.25, 0.3) is 0 Å². The number of ether oxygens (including phenoxy) is 1. The third-order valence-corrected chi connectivity index (χ3v) is 3.23. The second kappa shape index (κ2) is 3.12. The number of anilines is 1. The monoisotopic (exact) mass is 204 g/mol. The van der Waals surface area contributed by atoms with E-state index in [1.807, 2.05) is 6.20 Å². The van der Waals surface area contributed by atoms with Crippen molar-refractivity contribution in [2.24, 2.45) is 0 Å². The molecule has 0 radical (unpaired) electrons. The topological polar surface area (TPSA) is 34.2 Å². The van der Waals surface area contributed by atoms with Gasteiger partial charge in [0.05, 0.1) is 6.54 Å². The van der Waals surface area contributed by atoms with Gasteiger partial charge in [-0.2, -0.15) is 0 Å². The van der Waals surface area contributed by atoms with Crippen molar-refractivity contribution in [3.05, 3.63) is 17.8 Å². The van der Waals surface area contributed by atoms with Crippen LogP contribution in [-0.4, -0.2) is 17.1 Å². The highest BCUT2D eigenvalue weighted by Gasteiger charge is 2.48. The number of hydrogen-bond donors (Lipinski definition) is 1. The Morgan fingerprint density at radius 1 is 1.53 bits per heavy atom. The molecule has 1 spiro atoms. The largest absolute Gasteiger partial charge is 0.468 e. The first kappa shape index (κ1) is 9.01. The predicted octanol–water partition coefficient (Wildman–Crippen LogP) is 2.37. The zero-order valence-corrected chi connectivity index (χ0v) is 9.05. The molecule has 2 aliphatic rings. The summed E-state index contributed by atoms with van der Waals surface area (Å²) in [7, 11) is 0. The van der Waals surface area contributed by atoms with Crippen LogP contribution in [0.5, 0.6) is 5.88 Å². The number of nitrogens with one attached hydrogen (secondary N) is 1. The van der Waals surface area contributed by atoms with Crippen LogP contribution in [0, 0.1) is 0 Å². The van der Waals surface area contributed by atoms with Gasteiger partial charge in [-0.05, 0) is 30.9 Å². The molecule has 3 heteroatoms. The molecule has 3 nitrogen and oxygen atoms in total. The molecule has 0 atom stereocenters. The molecule has 1 aromatic rings. The van der Waals surface area contributed by atoms with E-state index in [2.05, 4.69) is 23.3 Å². The molecule has 1 aromatic heterocycles. The van der Waals surface area contributed by atoms with Crippen LogP contribution >= 0.6 is 0 Å². The number of aryl methyl sites for hydroxylation is 1. The zero-order chi connectivity index (χ0) is 10.3. The second-order valence-electron chi connectivity index (χ2n) is 4.54. The van der Waals surface area contributed by atoms with Gasteiger partial charge < -0.3 is 10.1 Å². The molecular formula is C12H16N2O. The molecule has 1 saturated carbocycles. The summed E-state index contributed by atoms with van der Waals surface area (Å²) in [4.78, 5) is 4.31. The number of nitrogens with zero attached hydrogens (tertiary/aromatic N) is 1. The van der Waals surface area contributed by atoms with Crippen LogP contribution in [0.3, 0.4) is 0 Å². The second-order valence-corrected chi connectivity index (χ2v) is 4.54. The average Bonchev–Trinajstić information content (AvgIpc) is 2.98. The third-order valence-electron chi connectivity index (χ3n) is 3.23. The Bertz CT molecular complexity index is 385. The van der Waals surface area contributed by atoms with E-state index in [4.69, 9.17) is 4.74 Å². The van der Waals surface area contributed by atoms with Crippen molar-refractivity contribution in [3.8, 4) is 5.88 Å². The van der Waals surface area contributed by atoms with Gasteiger partial charge in [-0.3, -0.25) is 0 Å². The van der Waals surface area contributed by atoms with Crippen LogP contribution in [-0.2, 0) is 6.42 Å². The minimum absolute atomic E-state index is 0.0881. The number of fused-ring (bicyclic) bond motifs is 1. The van der Waals surface area contributed by atoms with Gasteiger partial charge in [-0.1, -0.05) is 13.3 Å². The quantitative estimate of drug-likeness (QED) is 0.803. The van der Waals surface area contributed by atoms with Gasteiger partial charge in [-0.25, -0.2) is 4.98 Å². The Morgan fingerprint density at radius 3 is 3.13 bits per heavy atom. The molecule has 1 aliphatic heterocycles. The van der Waals surface area contributed by atoms with E-state index in [1.54, 1.807) is 0 Å². The van der Waals surface area contributed by atoms with Crippen molar-refractivity contribution >= 4 is 5.69 Å². The Labute approximate surface area is 89.9 Å². The normalized spacial score (nSPS) is 20.3. The van der Waals surface area contributed by atoms with E-state index in [1.165, 1.54) is 18.4 Å². The standard InChI is InChI=1S/C12H16N2O/c1-2-3-9-4-7-13-11-10(9)14-8-12(15-11)5-6-12/h4,7,14H,2-3,5-6,8H2,1H3. The Kier molecular flexibility index (Phi) is 1.87.